The van der Waals surface area contributed by atoms with E-state index in [0.717, 1.165) is 53.2 Å². The molecule has 0 bridgehead atoms. The van der Waals surface area contributed by atoms with Gasteiger partial charge in [-0.25, -0.2) is 14.1 Å². The van der Waals surface area contributed by atoms with Gasteiger partial charge >= 0.3 is 0 Å². The molecule has 6 nitrogen and oxygen atoms in total. The highest BCUT2D eigenvalue weighted by molar-refractivity contribution is 6.04. The molecule has 0 aliphatic heterocycles. The summed E-state index contributed by atoms with van der Waals surface area (Å²) < 4.78 is 20.8. The summed E-state index contributed by atoms with van der Waals surface area (Å²) in [4.78, 5) is 17.5. The lowest BCUT2D eigenvalue weighted by Crippen LogP contribution is -2.15. The van der Waals surface area contributed by atoms with Crippen LogP contribution in [0.1, 0.15) is 39.6 Å². The van der Waals surface area contributed by atoms with Crippen LogP contribution in [0.4, 0.5) is 10.1 Å². The molecule has 1 aliphatic carbocycles. The number of fused-ring (bicyclic) bond motifs is 1. The van der Waals surface area contributed by atoms with E-state index >= 15 is 0 Å². The molecule has 2 aromatic carbocycles. The van der Waals surface area contributed by atoms with Crippen molar-refractivity contribution >= 4 is 11.6 Å². The van der Waals surface area contributed by atoms with Crippen LogP contribution < -0.4 is 5.32 Å². The second-order valence-corrected chi connectivity index (χ2v) is 7.71. The van der Waals surface area contributed by atoms with E-state index in [-0.39, 0.29) is 11.7 Å². The van der Waals surface area contributed by atoms with Gasteiger partial charge in [0.05, 0.1) is 11.4 Å². The fourth-order valence-corrected chi connectivity index (χ4v) is 3.93. The standard InChI is InChI=1S/C24H21FN4O2/c1-14-15(2)31-24(26-14)16-5-3-6-18(13-16)27-23(30)22-20-7-4-8-21(20)29(28-22)19-11-9-17(25)10-12-19/h3,5-6,9-13H,4,7-8H2,1-2H3,(H,27,30). The fourth-order valence-electron chi connectivity index (χ4n) is 3.93. The Bertz CT molecular complexity index is 1270. The Balaban J connectivity index is 1.44. The minimum Gasteiger partial charge on any atom is -0.441 e. The van der Waals surface area contributed by atoms with Crippen molar-refractivity contribution in [1.29, 1.82) is 0 Å². The maximum Gasteiger partial charge on any atom is 0.276 e. The Morgan fingerprint density at radius 2 is 1.94 bits per heavy atom. The summed E-state index contributed by atoms with van der Waals surface area (Å²) in [7, 11) is 0. The SMILES string of the molecule is Cc1nc(-c2cccc(NC(=O)c3nn(-c4ccc(F)cc4)c4c3CCC4)c2)oc1C. The molecule has 1 aliphatic rings. The topological polar surface area (TPSA) is 73.0 Å². The van der Waals surface area contributed by atoms with Crippen LogP contribution in [0.25, 0.3) is 17.1 Å². The van der Waals surface area contributed by atoms with E-state index in [1.165, 1.54) is 12.1 Å². The predicted molar refractivity (Wildman–Crippen MR) is 115 cm³/mol. The van der Waals surface area contributed by atoms with Crippen LogP contribution in [0.3, 0.4) is 0 Å². The number of aryl methyl sites for hydroxylation is 2. The van der Waals surface area contributed by atoms with E-state index in [1.54, 1.807) is 16.8 Å². The normalized spacial score (nSPS) is 12.7. The van der Waals surface area contributed by atoms with Crippen molar-refractivity contribution < 1.29 is 13.6 Å². The summed E-state index contributed by atoms with van der Waals surface area (Å²) in [5.41, 5.74) is 5.38. The van der Waals surface area contributed by atoms with Crippen molar-refractivity contribution in [3.05, 3.63) is 82.8 Å². The fraction of sp³-hybridized carbons (Fsp3) is 0.208. The molecule has 156 valence electrons. The van der Waals surface area contributed by atoms with Gasteiger partial charge in [0.25, 0.3) is 5.91 Å². The van der Waals surface area contributed by atoms with E-state index in [9.17, 15) is 9.18 Å². The van der Waals surface area contributed by atoms with Crippen molar-refractivity contribution in [1.82, 2.24) is 14.8 Å². The maximum absolute atomic E-state index is 13.3. The number of nitrogens with zero attached hydrogens (tertiary/aromatic N) is 3. The van der Waals surface area contributed by atoms with E-state index in [0.29, 0.717) is 17.3 Å². The van der Waals surface area contributed by atoms with Crippen molar-refractivity contribution in [2.75, 3.05) is 5.32 Å². The second-order valence-electron chi connectivity index (χ2n) is 7.71. The number of anilines is 1. The average molecular weight is 416 g/mol. The summed E-state index contributed by atoms with van der Waals surface area (Å²) in [5, 5.41) is 7.52. The molecule has 0 saturated carbocycles. The van der Waals surface area contributed by atoms with Crippen LogP contribution in [0, 0.1) is 19.7 Å². The Kier molecular flexibility index (Phi) is 4.66. The van der Waals surface area contributed by atoms with Gasteiger partial charge in [0.1, 0.15) is 11.6 Å². The minimum absolute atomic E-state index is 0.268. The lowest BCUT2D eigenvalue weighted by Gasteiger charge is -2.06. The third-order valence-electron chi connectivity index (χ3n) is 5.61. The molecule has 0 spiro atoms. The van der Waals surface area contributed by atoms with Crippen molar-refractivity contribution in [2.45, 2.75) is 33.1 Å². The molecule has 1 N–H and O–H groups in total. The van der Waals surface area contributed by atoms with Gasteiger partial charge in [0, 0.05) is 22.5 Å². The van der Waals surface area contributed by atoms with Crippen LogP contribution in [0.2, 0.25) is 0 Å². The first-order chi connectivity index (χ1) is 15.0. The predicted octanol–water partition coefficient (Wildman–Crippen LogP) is 5.02. The molecule has 0 saturated heterocycles. The van der Waals surface area contributed by atoms with Gasteiger partial charge in [-0.2, -0.15) is 5.10 Å². The largest absolute Gasteiger partial charge is 0.441 e. The van der Waals surface area contributed by atoms with Gasteiger partial charge < -0.3 is 9.73 Å². The molecule has 31 heavy (non-hydrogen) atoms. The number of hydrogen-bond donors (Lipinski definition) is 1. The number of aromatic nitrogens is 3. The van der Waals surface area contributed by atoms with Crippen LogP contribution in [0.5, 0.6) is 0 Å². The maximum atomic E-state index is 13.3. The van der Waals surface area contributed by atoms with Crippen LogP contribution in [0.15, 0.2) is 52.9 Å². The minimum atomic E-state index is -0.304. The molecule has 0 radical (unpaired) electrons. The zero-order chi connectivity index (χ0) is 21.5. The average Bonchev–Trinajstić information content (AvgIpc) is 3.45. The summed E-state index contributed by atoms with van der Waals surface area (Å²) in [5.74, 6) is 0.719. The van der Waals surface area contributed by atoms with Crippen LogP contribution in [-0.2, 0) is 12.8 Å². The molecule has 1 amide bonds. The highest BCUT2D eigenvalue weighted by atomic mass is 19.1. The zero-order valence-electron chi connectivity index (χ0n) is 17.3. The molecule has 2 aromatic heterocycles. The smallest absolute Gasteiger partial charge is 0.276 e. The number of hydrogen-bond acceptors (Lipinski definition) is 4. The molecule has 4 aromatic rings. The number of carbonyl (C=O) groups is 1. The lowest BCUT2D eigenvalue weighted by molar-refractivity contribution is 0.102. The number of benzene rings is 2. The molecule has 0 atom stereocenters. The molecule has 2 heterocycles. The molecular formula is C24H21FN4O2. The number of rotatable bonds is 4. The Hall–Kier alpha value is -3.74. The lowest BCUT2D eigenvalue weighted by atomic mass is 10.1. The molecule has 0 fully saturated rings. The van der Waals surface area contributed by atoms with Crippen LogP contribution in [-0.4, -0.2) is 20.7 Å². The van der Waals surface area contributed by atoms with Gasteiger partial charge in [0.2, 0.25) is 5.89 Å². The first kappa shape index (κ1) is 19.2. The van der Waals surface area contributed by atoms with Crippen molar-refractivity contribution in [2.24, 2.45) is 0 Å². The summed E-state index contributed by atoms with van der Waals surface area (Å²) >= 11 is 0. The van der Waals surface area contributed by atoms with E-state index in [4.69, 9.17) is 4.42 Å². The van der Waals surface area contributed by atoms with Crippen molar-refractivity contribution in [3.8, 4) is 17.1 Å². The monoisotopic (exact) mass is 416 g/mol. The molecule has 7 heteroatoms. The quantitative estimate of drug-likeness (QED) is 0.507. The number of halogens is 1. The Labute approximate surface area is 178 Å². The molecule has 5 rings (SSSR count). The molecule has 0 unspecified atom stereocenters. The van der Waals surface area contributed by atoms with Gasteiger partial charge in [-0.15, -0.1) is 0 Å². The Morgan fingerprint density at radius 3 is 2.68 bits per heavy atom. The third-order valence-corrected chi connectivity index (χ3v) is 5.61. The van der Waals surface area contributed by atoms with Gasteiger partial charge in [-0.05, 0) is 75.6 Å². The van der Waals surface area contributed by atoms with E-state index in [2.05, 4.69) is 15.4 Å². The van der Waals surface area contributed by atoms with Gasteiger partial charge in [-0.1, -0.05) is 6.07 Å². The van der Waals surface area contributed by atoms with Gasteiger partial charge in [-0.3, -0.25) is 4.79 Å². The third kappa shape index (κ3) is 3.52. The number of nitrogens with one attached hydrogen (secondary N) is 1. The van der Waals surface area contributed by atoms with Gasteiger partial charge in [0.15, 0.2) is 5.69 Å². The number of oxazole rings is 1. The first-order valence-corrected chi connectivity index (χ1v) is 10.2. The highest BCUT2D eigenvalue weighted by Crippen LogP contribution is 2.29. The number of amides is 1. The van der Waals surface area contributed by atoms with Crippen LogP contribution >= 0.6 is 0 Å². The second kappa shape index (κ2) is 7.50. The molecular weight excluding hydrogens is 395 g/mol. The van der Waals surface area contributed by atoms with E-state index < -0.39 is 0 Å². The van der Waals surface area contributed by atoms with Crippen molar-refractivity contribution in [3.63, 3.8) is 0 Å². The zero-order valence-corrected chi connectivity index (χ0v) is 17.3. The summed E-state index contributed by atoms with van der Waals surface area (Å²) in [6.07, 6.45) is 2.60. The first-order valence-electron chi connectivity index (χ1n) is 10.2. The number of carbonyl (C=O) groups excluding carboxylic acids is 1. The summed E-state index contributed by atoms with van der Waals surface area (Å²) in [6, 6.07) is 13.5. The summed E-state index contributed by atoms with van der Waals surface area (Å²) in [6.45, 7) is 3.77. The highest BCUT2D eigenvalue weighted by Gasteiger charge is 2.27. The van der Waals surface area contributed by atoms with E-state index in [1.807, 2.05) is 38.1 Å². The Morgan fingerprint density at radius 1 is 1.13 bits per heavy atom.